The molecule has 3 unspecified atom stereocenters. The number of aliphatic carboxylic acids is 1. The Labute approximate surface area is 423 Å². The van der Waals surface area contributed by atoms with Gasteiger partial charge in [-0.15, -0.1) is 0 Å². The number of carbonyl (C=O) groups excluding carboxylic acids is 2. The number of ether oxygens (including phenoxy) is 1. The van der Waals surface area contributed by atoms with E-state index in [2.05, 4.69) is 153 Å². The normalized spacial score (nSPS) is 14.6. The summed E-state index contributed by atoms with van der Waals surface area (Å²) in [6.45, 7) is 2.33. The maximum absolute atomic E-state index is 12.4. The molecule has 0 spiro atoms. The van der Waals surface area contributed by atoms with Gasteiger partial charge in [-0.1, -0.05) is 192 Å². The monoisotopic (exact) mass is 994 g/mol. The van der Waals surface area contributed by atoms with Crippen LogP contribution in [-0.4, -0.2) is 64.9 Å². The number of hydrogen-bond donors (Lipinski definition) is 4. The molecule has 1 amide bonds. The Kier molecular flexibility index (Phi) is 47.8. The summed E-state index contributed by atoms with van der Waals surface area (Å²) >= 11 is 0. The molecule has 0 radical (unpaired) electrons. The number of rotatable bonds is 47. The molecule has 4 N–H and O–H groups in total. The molecule has 0 aromatic heterocycles. The van der Waals surface area contributed by atoms with Crippen LogP contribution in [0.1, 0.15) is 181 Å². The minimum absolute atomic E-state index is 0.107. The molecule has 0 aromatic carbocycles. The molecule has 0 aliphatic rings. The molecule has 70 heavy (non-hydrogen) atoms. The van der Waals surface area contributed by atoms with Crippen LogP contribution in [0.4, 0.5) is 0 Å². The quantitative estimate of drug-likeness (QED) is 0.0199. The van der Waals surface area contributed by atoms with Crippen molar-refractivity contribution >= 4 is 25.7 Å². The SMILES string of the molecule is CC/C=C\C/C=C\C/C=C\C/C=C\C/C=C\C/C=C\CCCCCCC(=O)NC(COP(=O)(O)OCC(O)COC(=O)CCCCCCCCC/C=C\C/C=C\C/C=C\C/C=C\C/C=C\CC)C(=O)O. The van der Waals surface area contributed by atoms with E-state index >= 15 is 0 Å². The fourth-order valence-electron chi connectivity index (χ4n) is 6.46. The minimum Gasteiger partial charge on any atom is -0.480 e. The second-order valence-corrected chi connectivity index (χ2v) is 18.4. The first kappa shape index (κ1) is 65.6. The van der Waals surface area contributed by atoms with E-state index in [-0.39, 0.29) is 12.8 Å². The van der Waals surface area contributed by atoms with Gasteiger partial charge in [0, 0.05) is 12.8 Å². The van der Waals surface area contributed by atoms with Gasteiger partial charge in [-0.2, -0.15) is 0 Å². The molecule has 0 rings (SSSR count). The van der Waals surface area contributed by atoms with Gasteiger partial charge in [0.1, 0.15) is 12.7 Å². The van der Waals surface area contributed by atoms with Gasteiger partial charge in [0.2, 0.25) is 5.91 Å². The molecule has 0 aromatic rings. The lowest BCUT2D eigenvalue weighted by atomic mass is 10.1. The van der Waals surface area contributed by atoms with Gasteiger partial charge in [-0.25, -0.2) is 9.36 Å². The summed E-state index contributed by atoms with van der Waals surface area (Å²) in [5, 5.41) is 21.9. The largest absolute Gasteiger partial charge is 0.480 e. The Morgan fingerprint density at radius 1 is 0.457 bits per heavy atom. The van der Waals surface area contributed by atoms with Gasteiger partial charge < -0.3 is 25.2 Å². The second-order valence-electron chi connectivity index (χ2n) is 16.9. The van der Waals surface area contributed by atoms with Crippen LogP contribution in [0, 0.1) is 0 Å². The average molecular weight is 994 g/mol. The molecular formula is C58H92NO10P. The standard InChI is InChI=1S/C58H92NO10P/c1-3-5-7-9-11-13-15-17-19-21-23-25-27-29-31-33-35-37-39-41-43-45-47-49-56(61)59-55(58(63)64)53-69-70(65,66)68-52-54(60)51-67-57(62)50-48-46-44-42-40-38-36-34-32-30-28-26-24-22-20-18-16-14-12-10-8-6-4-2/h5-8,11-14,17-20,23-26,29-32,35,37,54-55,60H,3-4,9-10,15-16,21-22,27-28,33-34,36,38-53H2,1-2H3,(H,59,61)(H,63,64)(H,65,66)/b7-5-,8-6-,13-11-,14-12-,19-17-,20-18-,25-23-,26-24-,31-29-,32-30-,37-35-. The van der Waals surface area contributed by atoms with Crippen molar-refractivity contribution in [2.45, 2.75) is 193 Å². The first-order chi connectivity index (χ1) is 34.1. The number of esters is 1. The van der Waals surface area contributed by atoms with Crippen LogP contribution in [0.25, 0.3) is 0 Å². The number of unbranched alkanes of at least 4 members (excludes halogenated alkanes) is 11. The van der Waals surface area contributed by atoms with Crippen molar-refractivity contribution < 1.29 is 47.8 Å². The predicted molar refractivity (Wildman–Crippen MR) is 290 cm³/mol. The third kappa shape index (κ3) is 50.0. The fourth-order valence-corrected chi connectivity index (χ4v) is 7.23. The molecule has 0 saturated heterocycles. The highest BCUT2D eigenvalue weighted by atomic mass is 31.2. The molecule has 11 nitrogen and oxygen atoms in total. The summed E-state index contributed by atoms with van der Waals surface area (Å²) in [6, 6.07) is -1.57. The Balaban J connectivity index is 3.93. The van der Waals surface area contributed by atoms with Crippen molar-refractivity contribution in [2.24, 2.45) is 0 Å². The van der Waals surface area contributed by atoms with E-state index in [1.54, 1.807) is 0 Å². The van der Waals surface area contributed by atoms with Crippen molar-refractivity contribution in [1.29, 1.82) is 0 Å². The maximum Gasteiger partial charge on any atom is 0.472 e. The van der Waals surface area contributed by atoms with Gasteiger partial charge in [0.15, 0.2) is 6.04 Å². The highest BCUT2D eigenvalue weighted by molar-refractivity contribution is 7.47. The number of phosphoric acid groups is 1. The Bertz CT molecular complexity index is 1690. The highest BCUT2D eigenvalue weighted by Crippen LogP contribution is 2.43. The predicted octanol–water partition coefficient (Wildman–Crippen LogP) is 14.9. The van der Waals surface area contributed by atoms with Gasteiger partial charge in [-0.3, -0.25) is 18.6 Å². The zero-order valence-corrected chi connectivity index (χ0v) is 43.9. The summed E-state index contributed by atoms with van der Waals surface area (Å²) in [5.74, 6) is -2.44. The zero-order valence-electron chi connectivity index (χ0n) is 43.0. The molecule has 0 aliphatic heterocycles. The van der Waals surface area contributed by atoms with Crippen LogP contribution in [-0.2, 0) is 32.7 Å². The number of aliphatic hydroxyl groups excluding tert-OH is 1. The van der Waals surface area contributed by atoms with Gasteiger partial charge in [0.05, 0.1) is 13.2 Å². The fraction of sp³-hybridized carbons (Fsp3) is 0.569. The number of nitrogens with one attached hydrogen (secondary N) is 1. The third-order valence-electron chi connectivity index (χ3n) is 10.4. The lowest BCUT2D eigenvalue weighted by molar-refractivity contribution is -0.147. The van der Waals surface area contributed by atoms with E-state index < -0.39 is 57.6 Å². The molecule has 3 atom stereocenters. The lowest BCUT2D eigenvalue weighted by Crippen LogP contribution is -2.43. The molecule has 0 saturated carbocycles. The Hall–Kier alpha value is -4.38. The number of aliphatic hydroxyl groups is 1. The topological polar surface area (TPSA) is 169 Å². The minimum atomic E-state index is -4.79. The highest BCUT2D eigenvalue weighted by Gasteiger charge is 2.28. The van der Waals surface area contributed by atoms with E-state index in [4.69, 9.17) is 13.8 Å². The number of carbonyl (C=O) groups is 3. The number of amides is 1. The molecular weight excluding hydrogens is 902 g/mol. The molecule has 0 fully saturated rings. The van der Waals surface area contributed by atoms with E-state index in [9.17, 15) is 34.1 Å². The number of hydrogen-bond acceptors (Lipinski definition) is 8. The number of phosphoric ester groups is 1. The van der Waals surface area contributed by atoms with E-state index in [1.807, 2.05) is 0 Å². The van der Waals surface area contributed by atoms with Crippen LogP contribution in [0.2, 0.25) is 0 Å². The third-order valence-corrected chi connectivity index (χ3v) is 11.4. The first-order valence-corrected chi connectivity index (χ1v) is 27.7. The van der Waals surface area contributed by atoms with E-state index in [0.717, 1.165) is 135 Å². The zero-order chi connectivity index (χ0) is 51.3. The molecule has 394 valence electrons. The summed E-state index contributed by atoms with van der Waals surface area (Å²) < 4.78 is 27.0. The van der Waals surface area contributed by atoms with Crippen LogP contribution >= 0.6 is 7.82 Å². The summed E-state index contributed by atoms with van der Waals surface area (Å²) in [6.07, 6.45) is 70.4. The molecule has 12 heteroatoms. The average Bonchev–Trinajstić information content (AvgIpc) is 3.34. The number of carboxylic acids is 1. The van der Waals surface area contributed by atoms with Crippen LogP contribution < -0.4 is 5.32 Å². The van der Waals surface area contributed by atoms with Crippen LogP contribution in [0.5, 0.6) is 0 Å². The van der Waals surface area contributed by atoms with Gasteiger partial charge in [0.25, 0.3) is 0 Å². The second kappa shape index (κ2) is 51.0. The maximum atomic E-state index is 12.4. The molecule has 0 heterocycles. The van der Waals surface area contributed by atoms with Crippen LogP contribution in [0.3, 0.4) is 0 Å². The summed E-state index contributed by atoms with van der Waals surface area (Å²) in [5.41, 5.74) is 0. The van der Waals surface area contributed by atoms with Gasteiger partial charge >= 0.3 is 19.8 Å². The van der Waals surface area contributed by atoms with Crippen molar-refractivity contribution in [3.63, 3.8) is 0 Å². The van der Waals surface area contributed by atoms with Crippen molar-refractivity contribution in [1.82, 2.24) is 5.32 Å². The van der Waals surface area contributed by atoms with Crippen LogP contribution in [0.15, 0.2) is 134 Å². The van der Waals surface area contributed by atoms with Crippen molar-refractivity contribution in [3.05, 3.63) is 134 Å². The van der Waals surface area contributed by atoms with Crippen molar-refractivity contribution in [2.75, 3.05) is 19.8 Å². The molecule has 0 bridgehead atoms. The van der Waals surface area contributed by atoms with E-state index in [0.29, 0.717) is 12.8 Å². The Morgan fingerprint density at radius 3 is 1.17 bits per heavy atom. The van der Waals surface area contributed by atoms with Gasteiger partial charge in [-0.05, 0) is 109 Å². The number of carboxylic acid groups (broad SMARTS) is 1. The summed E-state index contributed by atoms with van der Waals surface area (Å²) in [4.78, 5) is 46.2. The number of allylic oxidation sites excluding steroid dienone is 22. The Morgan fingerprint density at radius 2 is 0.786 bits per heavy atom. The first-order valence-electron chi connectivity index (χ1n) is 26.2. The van der Waals surface area contributed by atoms with Crippen molar-refractivity contribution in [3.8, 4) is 0 Å². The summed E-state index contributed by atoms with van der Waals surface area (Å²) in [7, 11) is -4.79. The van der Waals surface area contributed by atoms with E-state index in [1.165, 1.54) is 6.42 Å². The lowest BCUT2D eigenvalue weighted by Gasteiger charge is -2.18. The molecule has 0 aliphatic carbocycles. The smallest absolute Gasteiger partial charge is 0.472 e.